The minimum absolute atomic E-state index is 0.00857. The molecule has 12 unspecified atom stereocenters. The zero-order chi connectivity index (χ0) is 74.0. The minimum atomic E-state index is -1.06. The molecule has 0 radical (unpaired) electrons. The molecule has 15 rings (SSSR count). The van der Waals surface area contributed by atoms with E-state index in [2.05, 4.69) is 39.8 Å². The number of aliphatic hydroxyl groups is 1. The summed E-state index contributed by atoms with van der Waals surface area (Å²) in [4.78, 5) is 97.1. The summed E-state index contributed by atoms with van der Waals surface area (Å²) in [5.41, 5.74) is -5.45. The van der Waals surface area contributed by atoms with Crippen molar-refractivity contribution in [3.05, 3.63) is 0 Å². The fourth-order valence-corrected chi connectivity index (χ4v) is 20.1. The molecule has 13 saturated carbocycles. The Morgan fingerprint density at radius 2 is 0.890 bits per heavy atom. The molecular weight excluding hydrogens is 1270 g/mol. The lowest BCUT2D eigenvalue weighted by Gasteiger charge is -2.61. The molecule has 19 heteroatoms. The van der Waals surface area contributed by atoms with Gasteiger partial charge in [0.15, 0.2) is 17.4 Å². The van der Waals surface area contributed by atoms with Gasteiger partial charge in [-0.2, -0.15) is 10.5 Å². The predicted molar refractivity (Wildman–Crippen MR) is 371 cm³/mol. The van der Waals surface area contributed by atoms with E-state index in [1.54, 1.807) is 13.8 Å². The standard InChI is InChI=1S/C19H32O2.C17H21NO6.C16H26O3.C15H19NO4.C14H26O2/c1-6-17(2,3)16(20)21-18(4,5)19-10-13-7-14(11-19)9-15(8-13)12-19;1-4-16(2,3)14(20)22-7-11(19)23-12-9-5-10-13(12)24-15(21)17(10,6-9)8-18;1-4-14(2,3)13(17)19-16-8-11-5-12(9-16)7-15(18,6-11)10-16;1-4-14(2,3)12(17)19-10-8-5-9-11(10)20-13(18)15(9,6-8)7-16;1-5-13(3,4)12(15)16-14(6-2)10-8-7-9-11-14/h13-15H,6-12H2,1-5H3;9-10,12-13H,4-7H2,1-3H3;11-12,18H,4-10H2,1-3H3;8-11H,4-6H2,1-3H3;5-11H2,1-4H3. The first-order valence-electron chi connectivity index (χ1n) is 38.7. The molecule has 0 spiro atoms. The number of hydrogen-bond acceptors (Lipinski definition) is 19. The van der Waals surface area contributed by atoms with Crippen molar-refractivity contribution in [1.29, 1.82) is 10.5 Å². The molecule has 0 aromatic rings. The van der Waals surface area contributed by atoms with Crippen LogP contribution in [0.25, 0.3) is 0 Å². The van der Waals surface area contributed by atoms with Crippen molar-refractivity contribution in [2.75, 3.05) is 6.61 Å². The topological polar surface area (TPSA) is 278 Å². The van der Waals surface area contributed by atoms with Crippen LogP contribution in [0, 0.1) is 119 Å². The highest BCUT2D eigenvalue weighted by atomic mass is 16.6. The van der Waals surface area contributed by atoms with E-state index in [9.17, 15) is 54.0 Å². The Morgan fingerprint density at radius 1 is 0.490 bits per heavy atom. The third kappa shape index (κ3) is 15.2. The Bertz CT molecular complexity index is 3120. The Morgan fingerprint density at radius 3 is 1.31 bits per heavy atom. The average Bonchev–Trinajstić information content (AvgIpc) is 1.53. The molecule has 2 heterocycles. The number of carbonyl (C=O) groups is 8. The molecule has 19 nitrogen and oxygen atoms in total. The maximum absolute atomic E-state index is 12.6. The third-order valence-corrected chi connectivity index (χ3v) is 28.2. The summed E-state index contributed by atoms with van der Waals surface area (Å²) in [6.45, 7) is 35.0. The smallest absolute Gasteiger partial charge is 0.344 e. The van der Waals surface area contributed by atoms with Crippen LogP contribution in [0.1, 0.15) is 298 Å². The fraction of sp³-hybridized carbons (Fsp3) is 0.877. The molecule has 100 heavy (non-hydrogen) atoms. The van der Waals surface area contributed by atoms with Gasteiger partial charge in [0, 0.05) is 35.5 Å². The number of ether oxygens (including phenoxy) is 8. The van der Waals surface area contributed by atoms with Crippen molar-refractivity contribution in [3.63, 3.8) is 0 Å². The Kier molecular flexibility index (Phi) is 22.6. The number of fused-ring (bicyclic) bond motifs is 2. The molecular formula is C81H124N2O17. The Balaban J connectivity index is 0.000000147. The van der Waals surface area contributed by atoms with Gasteiger partial charge in [-0.05, 0) is 273 Å². The lowest BCUT2D eigenvalue weighted by molar-refractivity contribution is -0.225. The van der Waals surface area contributed by atoms with Gasteiger partial charge in [-0.1, -0.05) is 48.0 Å². The Labute approximate surface area is 597 Å². The van der Waals surface area contributed by atoms with E-state index in [4.69, 9.17) is 37.9 Å². The average molecular weight is 1400 g/mol. The first-order valence-corrected chi connectivity index (χ1v) is 38.7. The van der Waals surface area contributed by atoms with Gasteiger partial charge in [0.1, 0.15) is 41.2 Å². The van der Waals surface area contributed by atoms with Gasteiger partial charge in [-0.25, -0.2) is 4.79 Å². The molecule has 13 aliphatic carbocycles. The molecule has 560 valence electrons. The molecule has 0 amide bonds. The first kappa shape index (κ1) is 78.8. The van der Waals surface area contributed by atoms with Crippen molar-refractivity contribution in [2.24, 2.45) is 96.6 Å². The highest BCUT2D eigenvalue weighted by Gasteiger charge is 2.74. The van der Waals surface area contributed by atoms with E-state index in [0.29, 0.717) is 50.4 Å². The maximum Gasteiger partial charge on any atom is 0.344 e. The van der Waals surface area contributed by atoms with Crippen LogP contribution in [-0.4, -0.2) is 106 Å². The molecule has 1 N–H and O–H groups in total. The number of carbonyl (C=O) groups excluding carboxylic acids is 8. The van der Waals surface area contributed by atoms with E-state index < -0.39 is 81.5 Å². The SMILES string of the molecule is CCC(C)(C)C(=O)OC(C)(C)C12CC3CC(CC(C3)C1)C2.CCC(C)(C)C(=O)OC12CC3CC(CC(O)(C3)C1)C2.CCC(C)(C)C(=O)OC1C2CC3C1OC(=O)C3(C#N)C2.CCC(C)(C)C(=O)OCC(=O)OC1C2CC3C1OC(=O)C3(C#N)C2.CCC1(OC(=O)C(C)(C)CC)CCCCC1. The summed E-state index contributed by atoms with van der Waals surface area (Å²) in [5, 5.41) is 29.3. The fourth-order valence-electron chi connectivity index (χ4n) is 20.1. The van der Waals surface area contributed by atoms with Crippen molar-refractivity contribution < 1.29 is 81.4 Å². The van der Waals surface area contributed by atoms with Gasteiger partial charge in [-0.3, -0.25) is 33.6 Å². The largest absolute Gasteiger partial charge is 0.459 e. The predicted octanol–water partition coefficient (Wildman–Crippen LogP) is 15.3. The van der Waals surface area contributed by atoms with Gasteiger partial charge in [0.2, 0.25) is 0 Å². The van der Waals surface area contributed by atoms with Crippen molar-refractivity contribution in [1.82, 2.24) is 0 Å². The molecule has 15 aliphatic rings. The molecule has 12 bridgehead atoms. The van der Waals surface area contributed by atoms with Crippen LogP contribution in [0.2, 0.25) is 0 Å². The van der Waals surface area contributed by atoms with Crippen LogP contribution < -0.4 is 0 Å². The van der Waals surface area contributed by atoms with Crippen molar-refractivity contribution in [3.8, 4) is 12.1 Å². The summed E-state index contributed by atoms with van der Waals surface area (Å²) < 4.78 is 44.7. The van der Waals surface area contributed by atoms with Crippen molar-refractivity contribution in [2.45, 2.75) is 345 Å². The molecule has 2 aliphatic heterocycles. The molecule has 12 atom stereocenters. The van der Waals surface area contributed by atoms with E-state index in [1.165, 1.54) is 64.2 Å². The van der Waals surface area contributed by atoms with E-state index >= 15 is 0 Å². The zero-order valence-electron chi connectivity index (χ0n) is 64.2. The lowest BCUT2D eigenvalue weighted by Crippen LogP contribution is -2.61. The quantitative estimate of drug-likeness (QED) is 0.0929. The van der Waals surface area contributed by atoms with Gasteiger partial charge >= 0.3 is 47.8 Å². The van der Waals surface area contributed by atoms with Crippen LogP contribution in [0.15, 0.2) is 0 Å². The monoisotopic (exact) mass is 1400 g/mol. The van der Waals surface area contributed by atoms with Gasteiger partial charge in [0.25, 0.3) is 0 Å². The number of hydrogen-bond donors (Lipinski definition) is 1. The minimum Gasteiger partial charge on any atom is -0.459 e. The van der Waals surface area contributed by atoms with Gasteiger partial charge in [0.05, 0.1) is 44.8 Å². The second-order valence-corrected chi connectivity index (χ2v) is 37.4. The third-order valence-electron chi connectivity index (χ3n) is 28.2. The van der Waals surface area contributed by atoms with E-state index in [1.807, 2.05) is 83.1 Å². The zero-order valence-corrected chi connectivity index (χ0v) is 64.2. The Hall–Kier alpha value is -5.30. The molecule has 0 aromatic carbocycles. The summed E-state index contributed by atoms with van der Waals surface area (Å²) >= 11 is 0. The lowest BCUT2D eigenvalue weighted by atomic mass is 9.46. The summed E-state index contributed by atoms with van der Waals surface area (Å²) in [7, 11) is 0. The van der Waals surface area contributed by atoms with E-state index in [0.717, 1.165) is 88.4 Å². The van der Waals surface area contributed by atoms with Crippen molar-refractivity contribution >= 4 is 47.8 Å². The van der Waals surface area contributed by atoms with Crippen LogP contribution in [0.4, 0.5) is 0 Å². The highest BCUT2D eigenvalue weighted by molar-refractivity contribution is 5.86. The normalized spacial score (nSPS) is 36.8. The number of esters is 8. The number of nitrogens with zero attached hydrogens (tertiary/aromatic N) is 2. The summed E-state index contributed by atoms with van der Waals surface area (Å²) in [6, 6.07) is 4.25. The summed E-state index contributed by atoms with van der Waals surface area (Å²) in [5.74, 6) is 1.13. The maximum atomic E-state index is 12.6. The van der Waals surface area contributed by atoms with Gasteiger partial charge in [-0.15, -0.1) is 0 Å². The first-order chi connectivity index (χ1) is 46.5. The van der Waals surface area contributed by atoms with Crippen LogP contribution in [0.5, 0.6) is 0 Å². The van der Waals surface area contributed by atoms with Crippen LogP contribution >= 0.6 is 0 Å². The highest BCUT2D eigenvalue weighted by Crippen LogP contribution is 2.66. The molecule has 15 fully saturated rings. The van der Waals surface area contributed by atoms with E-state index in [-0.39, 0.29) is 86.7 Å². The molecule has 2 saturated heterocycles. The number of rotatable bonds is 19. The second-order valence-electron chi connectivity index (χ2n) is 37.4. The van der Waals surface area contributed by atoms with Crippen LogP contribution in [-0.2, 0) is 76.3 Å². The van der Waals surface area contributed by atoms with Gasteiger partial charge < -0.3 is 43.0 Å². The molecule has 0 aromatic heterocycles. The second kappa shape index (κ2) is 28.6. The van der Waals surface area contributed by atoms with Crippen LogP contribution in [0.3, 0.4) is 0 Å². The summed E-state index contributed by atoms with van der Waals surface area (Å²) in [6.07, 6.45) is 24.7. The number of nitriles is 2.